The van der Waals surface area contributed by atoms with Crippen molar-refractivity contribution in [1.29, 1.82) is 0 Å². The van der Waals surface area contributed by atoms with Crippen molar-refractivity contribution < 1.29 is 37.0 Å². The Labute approximate surface area is 247 Å². The first-order chi connectivity index (χ1) is 20.1. The number of rotatable bonds is 12. The summed E-state index contributed by atoms with van der Waals surface area (Å²) in [6, 6.07) is 15.5. The van der Waals surface area contributed by atoms with E-state index in [1.54, 1.807) is 50.4 Å². The molecule has 0 saturated carbocycles. The van der Waals surface area contributed by atoms with E-state index in [4.69, 9.17) is 21.1 Å². The van der Waals surface area contributed by atoms with Crippen molar-refractivity contribution in [3.63, 3.8) is 0 Å². The molecule has 224 valence electrons. The monoisotopic (exact) mass is 604 g/mol. The van der Waals surface area contributed by atoms with Gasteiger partial charge in [0.15, 0.2) is 0 Å². The molecule has 0 aliphatic carbocycles. The Kier molecular flexibility index (Phi) is 10.2. The van der Waals surface area contributed by atoms with Gasteiger partial charge in [0.1, 0.15) is 17.5 Å². The average molecular weight is 605 g/mol. The molecule has 1 N–H and O–H groups in total. The Balaban J connectivity index is 1.59. The Hall–Kier alpha value is -3.92. The molecule has 0 saturated heterocycles. The molecule has 0 spiro atoms. The Bertz CT molecular complexity index is 1400. The molecule has 0 aromatic heterocycles. The molecule has 0 radical (unpaired) electrons. The predicted octanol–water partition coefficient (Wildman–Crippen LogP) is 7.27. The van der Waals surface area contributed by atoms with Crippen molar-refractivity contribution in [2.45, 2.75) is 51.4 Å². The zero-order chi connectivity index (χ0) is 30.3. The van der Waals surface area contributed by atoms with Gasteiger partial charge in [0.05, 0.1) is 19.4 Å². The molecule has 7 nitrogen and oxygen atoms in total. The molecule has 4 rings (SSSR count). The van der Waals surface area contributed by atoms with E-state index in [0.717, 1.165) is 17.5 Å². The minimum atomic E-state index is -4.85. The number of hydrogen-bond donors (Lipinski definition) is 1. The zero-order valence-electron chi connectivity index (χ0n) is 23.3. The maximum Gasteiger partial charge on any atom is 0.573 e. The number of nitrogens with zero attached hydrogens (tertiary/aromatic N) is 1. The highest BCUT2D eigenvalue weighted by Crippen LogP contribution is 2.36. The highest BCUT2D eigenvalue weighted by atomic mass is 35.5. The maximum absolute atomic E-state index is 14.1. The van der Waals surface area contributed by atoms with Crippen LogP contribution in [0.3, 0.4) is 0 Å². The number of amides is 1. The third-order valence-corrected chi connectivity index (χ3v) is 7.07. The fraction of sp³-hybridized carbons (Fsp3) is 0.355. The van der Waals surface area contributed by atoms with E-state index in [2.05, 4.69) is 10.1 Å². The number of benzene rings is 3. The number of ether oxygens (including phenoxy) is 3. The number of halogens is 4. The smallest absolute Gasteiger partial charge is 0.497 e. The summed E-state index contributed by atoms with van der Waals surface area (Å²) >= 11 is 6.11. The number of methoxy groups -OCH3 is 1. The molecule has 1 aliphatic heterocycles. The molecule has 3 aromatic carbocycles. The van der Waals surface area contributed by atoms with Crippen molar-refractivity contribution in [3.8, 4) is 11.5 Å². The molecule has 0 bridgehead atoms. The second kappa shape index (κ2) is 13.8. The van der Waals surface area contributed by atoms with Gasteiger partial charge in [-0.1, -0.05) is 29.8 Å². The van der Waals surface area contributed by atoms with Gasteiger partial charge in [0.25, 0.3) is 5.91 Å². The molecule has 1 atom stereocenters. The standard InChI is InChI=1S/C31H32ClF3N2O5/c1-3-41-28(38)7-5-4-6-20-16-24(18-26(17-20)40-2)36-29(22-8-11-23(32)12-9-22)30(39)37-15-14-21-10-13-25(19-27(21)37)42-31(33,34)35/h8-13,16-19,29,36H,3-7,14-15H2,1-2H3. The van der Waals surface area contributed by atoms with Crippen molar-refractivity contribution in [3.05, 3.63) is 82.4 Å². The molecule has 0 fully saturated rings. The Morgan fingerprint density at radius 2 is 1.79 bits per heavy atom. The van der Waals surface area contributed by atoms with Gasteiger partial charge >= 0.3 is 12.3 Å². The molecule has 1 amide bonds. The second-order valence-electron chi connectivity index (χ2n) is 9.79. The number of carbonyl (C=O) groups excluding carboxylic acids is 2. The summed E-state index contributed by atoms with van der Waals surface area (Å²) in [7, 11) is 1.55. The van der Waals surface area contributed by atoms with Crippen LogP contribution in [0.15, 0.2) is 60.7 Å². The van der Waals surface area contributed by atoms with E-state index in [1.807, 2.05) is 12.1 Å². The number of aryl methyl sites for hydroxylation is 1. The topological polar surface area (TPSA) is 77.1 Å². The lowest BCUT2D eigenvalue weighted by atomic mass is 10.0. The van der Waals surface area contributed by atoms with Crippen LogP contribution >= 0.6 is 11.6 Å². The number of hydrogen-bond acceptors (Lipinski definition) is 6. The van der Waals surface area contributed by atoms with Crippen LogP contribution in [0, 0.1) is 0 Å². The number of anilines is 2. The minimum Gasteiger partial charge on any atom is -0.497 e. The molecule has 1 aliphatic rings. The first-order valence-corrected chi connectivity index (χ1v) is 14.0. The van der Waals surface area contributed by atoms with Crippen LogP contribution in [0.5, 0.6) is 11.5 Å². The fourth-order valence-corrected chi connectivity index (χ4v) is 5.01. The third kappa shape index (κ3) is 8.31. The lowest BCUT2D eigenvalue weighted by Gasteiger charge is -2.27. The van der Waals surface area contributed by atoms with Gasteiger partial charge < -0.3 is 24.4 Å². The van der Waals surface area contributed by atoms with Gasteiger partial charge in [-0.05, 0) is 79.6 Å². The summed E-state index contributed by atoms with van der Waals surface area (Å²) in [5.74, 6) is -0.380. The van der Waals surface area contributed by atoms with Crippen LogP contribution in [0.4, 0.5) is 24.5 Å². The Morgan fingerprint density at radius 1 is 1.02 bits per heavy atom. The molecular weight excluding hydrogens is 573 g/mol. The number of esters is 1. The summed E-state index contributed by atoms with van der Waals surface area (Å²) in [6.45, 7) is 2.43. The maximum atomic E-state index is 14.1. The van der Waals surface area contributed by atoms with Crippen LogP contribution in [0.1, 0.15) is 48.9 Å². The first-order valence-electron chi connectivity index (χ1n) is 13.6. The van der Waals surface area contributed by atoms with Crippen molar-refractivity contribution in [2.24, 2.45) is 0 Å². The minimum absolute atomic E-state index is 0.226. The number of fused-ring (bicyclic) bond motifs is 1. The number of unbranched alkanes of at least 4 members (excludes halogenated alkanes) is 1. The lowest BCUT2D eigenvalue weighted by Crippen LogP contribution is -2.37. The van der Waals surface area contributed by atoms with Gasteiger partial charge in [-0.2, -0.15) is 0 Å². The molecule has 11 heteroatoms. The fourth-order valence-electron chi connectivity index (χ4n) is 4.89. The molecule has 42 heavy (non-hydrogen) atoms. The summed E-state index contributed by atoms with van der Waals surface area (Å²) in [5.41, 5.74) is 3.31. The summed E-state index contributed by atoms with van der Waals surface area (Å²) in [4.78, 5) is 27.2. The zero-order valence-corrected chi connectivity index (χ0v) is 24.1. The second-order valence-corrected chi connectivity index (χ2v) is 10.2. The number of carbonyl (C=O) groups is 2. The predicted molar refractivity (Wildman–Crippen MR) is 154 cm³/mol. The van der Waals surface area contributed by atoms with Crippen LogP contribution in [-0.4, -0.2) is 38.5 Å². The van der Waals surface area contributed by atoms with Gasteiger partial charge in [-0.3, -0.25) is 9.59 Å². The molecule has 3 aromatic rings. The van der Waals surface area contributed by atoms with Crippen LogP contribution in [0.2, 0.25) is 5.02 Å². The first kappa shape index (κ1) is 31.0. The summed E-state index contributed by atoms with van der Waals surface area (Å²) < 4.78 is 53.2. The van der Waals surface area contributed by atoms with Crippen molar-refractivity contribution >= 4 is 34.9 Å². The molecular formula is C31H32ClF3N2O5. The van der Waals surface area contributed by atoms with E-state index in [1.165, 1.54) is 17.0 Å². The number of nitrogens with one attached hydrogen (secondary N) is 1. The molecule has 1 unspecified atom stereocenters. The normalized spacial score (nSPS) is 13.3. The van der Waals surface area contributed by atoms with Gasteiger partial charge in [-0.25, -0.2) is 0 Å². The SMILES string of the molecule is CCOC(=O)CCCCc1cc(NC(C(=O)N2CCc3ccc(OC(F)(F)F)cc32)c2ccc(Cl)cc2)cc(OC)c1. The molecule has 1 heterocycles. The summed E-state index contributed by atoms with van der Waals surface area (Å²) in [6.07, 6.45) is -1.93. The summed E-state index contributed by atoms with van der Waals surface area (Å²) in [5, 5.41) is 3.81. The van der Waals surface area contributed by atoms with Crippen LogP contribution in [-0.2, 0) is 27.2 Å². The lowest BCUT2D eigenvalue weighted by molar-refractivity contribution is -0.274. The average Bonchev–Trinajstić information content (AvgIpc) is 3.37. The van der Waals surface area contributed by atoms with Crippen LogP contribution < -0.4 is 19.7 Å². The van der Waals surface area contributed by atoms with Gasteiger partial charge in [0, 0.05) is 35.8 Å². The van der Waals surface area contributed by atoms with E-state index >= 15 is 0 Å². The van der Waals surface area contributed by atoms with E-state index in [-0.39, 0.29) is 11.9 Å². The van der Waals surface area contributed by atoms with Crippen LogP contribution in [0.25, 0.3) is 0 Å². The highest BCUT2D eigenvalue weighted by molar-refractivity contribution is 6.30. The highest BCUT2D eigenvalue weighted by Gasteiger charge is 2.34. The third-order valence-electron chi connectivity index (χ3n) is 6.82. The van der Waals surface area contributed by atoms with Crippen molar-refractivity contribution in [2.75, 3.05) is 30.5 Å². The van der Waals surface area contributed by atoms with E-state index < -0.39 is 18.2 Å². The quantitative estimate of drug-likeness (QED) is 0.173. The van der Waals surface area contributed by atoms with Crippen molar-refractivity contribution in [1.82, 2.24) is 0 Å². The number of alkyl halides is 3. The largest absolute Gasteiger partial charge is 0.573 e. The van der Waals surface area contributed by atoms with Gasteiger partial charge in [0.2, 0.25) is 0 Å². The van der Waals surface area contributed by atoms with Gasteiger partial charge in [-0.15, -0.1) is 13.2 Å². The Morgan fingerprint density at radius 3 is 2.48 bits per heavy atom. The van der Waals surface area contributed by atoms with E-state index in [9.17, 15) is 22.8 Å². The van der Waals surface area contributed by atoms with E-state index in [0.29, 0.717) is 66.5 Å².